The normalized spacial score (nSPS) is 10.4. The number of halogens is 1. The average Bonchev–Trinajstić information content (AvgIpc) is 3.38. The number of benzene rings is 1. The Hall–Kier alpha value is -3.33. The molecule has 29 heavy (non-hydrogen) atoms. The fourth-order valence-corrected chi connectivity index (χ4v) is 2.73. The first kappa shape index (κ1) is 20.4. The molecule has 3 rings (SSSR count). The van der Waals surface area contributed by atoms with Gasteiger partial charge in [0, 0.05) is 5.69 Å². The maximum absolute atomic E-state index is 12.0. The van der Waals surface area contributed by atoms with E-state index in [1.54, 1.807) is 48.5 Å². The lowest BCUT2D eigenvalue weighted by Gasteiger charge is -2.07. The van der Waals surface area contributed by atoms with E-state index in [0.717, 1.165) is 5.56 Å². The lowest BCUT2D eigenvalue weighted by molar-refractivity contribution is -0.125. The number of carbonyl (C=O) groups excluding carboxylic acids is 3. The molecule has 0 bridgehead atoms. The Balaban J connectivity index is 1.41. The number of hydrogen-bond acceptors (Lipinski definition) is 5. The molecule has 1 aromatic carbocycles. The summed E-state index contributed by atoms with van der Waals surface area (Å²) in [4.78, 5) is 35.8. The van der Waals surface area contributed by atoms with Crippen LogP contribution in [0.4, 0.5) is 5.69 Å². The number of anilines is 1. The third-order valence-electron chi connectivity index (χ3n) is 3.86. The lowest BCUT2D eigenvalue weighted by atomic mass is 10.1. The second-order valence-electron chi connectivity index (χ2n) is 6.06. The van der Waals surface area contributed by atoms with Crippen LogP contribution in [-0.4, -0.2) is 24.3 Å². The molecule has 0 aliphatic heterocycles. The van der Waals surface area contributed by atoms with E-state index in [1.165, 1.54) is 6.26 Å². The maximum Gasteiger partial charge on any atom is 0.291 e. The highest BCUT2D eigenvalue weighted by Gasteiger charge is 2.11. The molecular formula is C20H18BrN3O5. The minimum atomic E-state index is -0.373. The van der Waals surface area contributed by atoms with Gasteiger partial charge in [0.25, 0.3) is 5.91 Å². The van der Waals surface area contributed by atoms with Gasteiger partial charge in [0.05, 0.1) is 25.8 Å². The molecule has 3 aromatic rings. The van der Waals surface area contributed by atoms with Crippen LogP contribution in [0.15, 0.2) is 68.3 Å². The van der Waals surface area contributed by atoms with Crippen molar-refractivity contribution >= 4 is 39.3 Å². The number of rotatable bonds is 8. The average molecular weight is 460 g/mol. The van der Waals surface area contributed by atoms with Crippen LogP contribution in [0.2, 0.25) is 0 Å². The van der Waals surface area contributed by atoms with E-state index in [4.69, 9.17) is 8.83 Å². The summed E-state index contributed by atoms with van der Waals surface area (Å²) in [5.74, 6) is -0.142. The fraction of sp³-hybridized carbons (Fsp3) is 0.150. The van der Waals surface area contributed by atoms with Crippen molar-refractivity contribution in [2.24, 2.45) is 0 Å². The Kier molecular flexibility index (Phi) is 6.85. The molecule has 0 spiro atoms. The van der Waals surface area contributed by atoms with E-state index in [-0.39, 0.29) is 43.0 Å². The molecule has 0 saturated heterocycles. The van der Waals surface area contributed by atoms with Crippen LogP contribution in [-0.2, 0) is 22.6 Å². The fourth-order valence-electron chi connectivity index (χ4n) is 2.42. The van der Waals surface area contributed by atoms with Crippen LogP contribution < -0.4 is 16.0 Å². The highest BCUT2D eigenvalue weighted by Crippen LogP contribution is 2.16. The van der Waals surface area contributed by atoms with E-state index in [2.05, 4.69) is 31.9 Å². The van der Waals surface area contributed by atoms with Gasteiger partial charge in [-0.15, -0.1) is 0 Å². The molecule has 2 aromatic heterocycles. The Morgan fingerprint density at radius 1 is 0.931 bits per heavy atom. The van der Waals surface area contributed by atoms with Gasteiger partial charge in [0.2, 0.25) is 11.8 Å². The summed E-state index contributed by atoms with van der Waals surface area (Å²) in [5, 5.41) is 7.91. The number of hydrogen-bond donors (Lipinski definition) is 3. The predicted molar refractivity (Wildman–Crippen MR) is 108 cm³/mol. The van der Waals surface area contributed by atoms with Gasteiger partial charge < -0.3 is 24.8 Å². The Morgan fingerprint density at radius 2 is 1.72 bits per heavy atom. The van der Waals surface area contributed by atoms with Crippen molar-refractivity contribution in [1.82, 2.24) is 10.6 Å². The second-order valence-corrected chi connectivity index (χ2v) is 6.85. The summed E-state index contributed by atoms with van der Waals surface area (Å²) < 4.78 is 10.8. The molecule has 2 heterocycles. The summed E-state index contributed by atoms with van der Waals surface area (Å²) in [5.41, 5.74) is 1.32. The maximum atomic E-state index is 12.0. The van der Waals surface area contributed by atoms with E-state index < -0.39 is 0 Å². The lowest BCUT2D eigenvalue weighted by Crippen LogP contribution is -2.37. The van der Waals surface area contributed by atoms with Gasteiger partial charge in [-0.2, -0.15) is 0 Å². The Morgan fingerprint density at radius 3 is 2.38 bits per heavy atom. The molecular weight excluding hydrogens is 442 g/mol. The molecule has 0 aliphatic rings. The Labute approximate surface area is 174 Å². The SMILES string of the molecule is O=C(CNC(=O)Cc1ccc(NC(=O)c2ccc(Br)o2)cc1)NCc1ccco1. The minimum absolute atomic E-state index is 0.116. The number of nitrogens with one attached hydrogen (secondary N) is 3. The van der Waals surface area contributed by atoms with E-state index >= 15 is 0 Å². The smallest absolute Gasteiger partial charge is 0.291 e. The van der Waals surface area contributed by atoms with Gasteiger partial charge in [-0.05, 0) is 57.9 Å². The first-order valence-corrected chi connectivity index (χ1v) is 9.50. The van der Waals surface area contributed by atoms with Crippen LogP contribution >= 0.6 is 15.9 Å². The van der Waals surface area contributed by atoms with Crippen molar-refractivity contribution in [3.8, 4) is 0 Å². The molecule has 8 nitrogen and oxygen atoms in total. The molecule has 0 fully saturated rings. The highest BCUT2D eigenvalue weighted by atomic mass is 79.9. The van der Waals surface area contributed by atoms with Gasteiger partial charge in [0.15, 0.2) is 10.4 Å². The molecule has 0 atom stereocenters. The number of furan rings is 2. The van der Waals surface area contributed by atoms with Crippen LogP contribution in [0.5, 0.6) is 0 Å². The molecule has 0 radical (unpaired) electrons. The highest BCUT2D eigenvalue weighted by molar-refractivity contribution is 9.10. The summed E-state index contributed by atoms with van der Waals surface area (Å²) >= 11 is 3.14. The molecule has 150 valence electrons. The van der Waals surface area contributed by atoms with Crippen molar-refractivity contribution in [2.75, 3.05) is 11.9 Å². The molecule has 3 N–H and O–H groups in total. The molecule has 0 aliphatic carbocycles. The summed E-state index contributed by atoms with van der Waals surface area (Å²) in [6.07, 6.45) is 1.64. The topological polar surface area (TPSA) is 114 Å². The standard InChI is InChI=1S/C20H18BrN3O5/c21-17-8-7-16(29-17)20(27)24-14-5-3-13(4-6-14)10-18(25)23-12-19(26)22-11-15-2-1-9-28-15/h1-9H,10-12H2,(H,22,26)(H,23,25)(H,24,27). The molecule has 0 saturated carbocycles. The predicted octanol–water partition coefficient (Wildman–Crippen LogP) is 2.86. The zero-order valence-electron chi connectivity index (χ0n) is 15.2. The van der Waals surface area contributed by atoms with Crippen LogP contribution in [0.1, 0.15) is 21.9 Å². The van der Waals surface area contributed by atoms with Gasteiger partial charge in [-0.25, -0.2) is 0 Å². The van der Waals surface area contributed by atoms with Gasteiger partial charge in [-0.3, -0.25) is 14.4 Å². The van der Waals surface area contributed by atoms with Crippen LogP contribution in [0, 0.1) is 0 Å². The quantitative estimate of drug-likeness (QED) is 0.479. The van der Waals surface area contributed by atoms with Crippen LogP contribution in [0.25, 0.3) is 0 Å². The number of carbonyl (C=O) groups is 3. The van der Waals surface area contributed by atoms with Crippen molar-refractivity contribution in [3.63, 3.8) is 0 Å². The zero-order chi connectivity index (χ0) is 20.6. The van der Waals surface area contributed by atoms with Gasteiger partial charge in [0.1, 0.15) is 5.76 Å². The van der Waals surface area contributed by atoms with Gasteiger partial charge in [-0.1, -0.05) is 12.1 Å². The van der Waals surface area contributed by atoms with Crippen molar-refractivity contribution in [1.29, 1.82) is 0 Å². The first-order valence-electron chi connectivity index (χ1n) is 8.71. The van der Waals surface area contributed by atoms with Gasteiger partial charge >= 0.3 is 0 Å². The number of amides is 3. The summed E-state index contributed by atoms with van der Waals surface area (Å²) in [6.45, 7) is 0.149. The second kappa shape index (κ2) is 9.74. The van der Waals surface area contributed by atoms with Crippen LogP contribution in [0.3, 0.4) is 0 Å². The zero-order valence-corrected chi connectivity index (χ0v) is 16.8. The van der Waals surface area contributed by atoms with E-state index in [0.29, 0.717) is 16.1 Å². The van der Waals surface area contributed by atoms with Crippen molar-refractivity contribution < 1.29 is 23.2 Å². The van der Waals surface area contributed by atoms with Crippen molar-refractivity contribution in [3.05, 3.63) is 76.5 Å². The third kappa shape index (κ3) is 6.35. The summed E-state index contributed by atoms with van der Waals surface area (Å²) in [6, 6.07) is 13.5. The molecule has 3 amide bonds. The first-order chi connectivity index (χ1) is 14.0. The van der Waals surface area contributed by atoms with Crippen molar-refractivity contribution in [2.45, 2.75) is 13.0 Å². The molecule has 9 heteroatoms. The van der Waals surface area contributed by atoms with E-state index in [9.17, 15) is 14.4 Å². The minimum Gasteiger partial charge on any atom is -0.467 e. The monoisotopic (exact) mass is 459 g/mol. The van der Waals surface area contributed by atoms with E-state index in [1.807, 2.05) is 0 Å². The summed E-state index contributed by atoms with van der Waals surface area (Å²) in [7, 11) is 0. The largest absolute Gasteiger partial charge is 0.467 e. The molecule has 0 unspecified atom stereocenters. The third-order valence-corrected chi connectivity index (χ3v) is 4.29. The Bertz CT molecular complexity index is 980.